The lowest BCUT2D eigenvalue weighted by atomic mass is 10.4. The minimum Gasteiger partial charge on any atom is -0.466 e. The number of rotatable bonds is 13. The average Bonchev–Trinajstić information content (AvgIpc) is 3.14. The molecule has 0 aromatic heterocycles. The molecule has 0 atom stereocenters. The number of ether oxygens (including phenoxy) is 8. The molecule has 0 unspecified atom stereocenters. The van der Waals surface area contributed by atoms with Crippen LogP contribution >= 0.6 is 23.5 Å². The van der Waals surface area contributed by atoms with E-state index in [0.717, 1.165) is 12.3 Å². The van der Waals surface area contributed by atoms with Crippen LogP contribution in [0.5, 0.6) is 0 Å². The maximum atomic E-state index is 10.1. The van der Waals surface area contributed by atoms with E-state index in [-0.39, 0.29) is 40.9 Å². The van der Waals surface area contributed by atoms with Crippen LogP contribution in [0.1, 0.15) is 116 Å². The highest BCUT2D eigenvalue weighted by molar-refractivity contribution is 8.13. The molecule has 0 radical (unpaired) electrons. The van der Waals surface area contributed by atoms with Crippen molar-refractivity contribution in [2.24, 2.45) is 0 Å². The van der Waals surface area contributed by atoms with E-state index in [1.165, 1.54) is 45.9 Å². The molecule has 0 fully saturated rings. The lowest BCUT2D eigenvalue weighted by Gasteiger charge is -1.97. The number of Topliss-reactive ketones (excluding diaryl/α,β-unsaturated/α-hetero) is 3. The molecule has 0 aromatic rings. The first kappa shape index (κ1) is 88.7. The van der Waals surface area contributed by atoms with Crippen LogP contribution in [0.4, 0.5) is 0 Å². The van der Waals surface area contributed by atoms with Crippen molar-refractivity contribution in [1.82, 2.24) is 10.6 Å². The number of ketones is 3. The summed E-state index contributed by atoms with van der Waals surface area (Å²) < 4.78 is 35.7. The smallest absolute Gasteiger partial charge is 0.303 e. The van der Waals surface area contributed by atoms with E-state index in [0.29, 0.717) is 39.8 Å². The van der Waals surface area contributed by atoms with E-state index in [4.69, 9.17) is 0 Å². The summed E-state index contributed by atoms with van der Waals surface area (Å²) in [6.07, 6.45) is 6.67. The normalized spacial score (nSPS) is 7.73. The standard InChI is InChI=1S/C5H8O3.C4H9NO.C4H10O3.C4H8O2.C4H8OS.2C4H8O.C3H8O2.C3H8.C2H7N.C2H6O.C2H6S/c1-4(6)3-8-5(2)7;1-3-5-4(2)6;1-5-3-7-4-6-2;2*1-3-6-4(2)5;2*1-3-4(2)5;1-4-3-5-2;4*1-3-2/h3H2,1-2H3;3H2,1-2H3,(H,5,6);3-4H2,1-2H3;2*3H2,1-2H3;3*3H2,1-2H3;3H2,1-2H3;3H,1-2H3;2*1-2H3. The Bertz CT molecular complexity index is 732. The first-order valence-electron chi connectivity index (χ1n) is 19.0. The molecule has 19 heteroatoms. The van der Waals surface area contributed by atoms with Gasteiger partial charge in [-0.3, -0.25) is 24.0 Å². The topological polar surface area (TPSA) is 217 Å². The third-order valence-corrected chi connectivity index (χ3v) is 3.93. The van der Waals surface area contributed by atoms with Gasteiger partial charge in [-0.2, -0.15) is 11.8 Å². The first-order valence-corrected chi connectivity index (χ1v) is 21.6. The van der Waals surface area contributed by atoms with Crippen molar-refractivity contribution in [2.45, 2.75) is 116 Å². The largest absolute Gasteiger partial charge is 0.466 e. The number of methoxy groups -OCH3 is 5. The van der Waals surface area contributed by atoms with Crippen LogP contribution in [0.15, 0.2) is 0 Å². The van der Waals surface area contributed by atoms with Crippen molar-refractivity contribution in [3.8, 4) is 0 Å². The van der Waals surface area contributed by atoms with Crippen LogP contribution in [-0.4, -0.2) is 155 Å². The van der Waals surface area contributed by atoms with E-state index >= 15 is 0 Å². The molecule has 0 heterocycles. The molecule has 0 aliphatic heterocycles. The second-order valence-electron chi connectivity index (χ2n) is 10.3. The number of carbonyl (C=O) groups is 7. The van der Waals surface area contributed by atoms with Gasteiger partial charge in [0, 0.05) is 89.7 Å². The summed E-state index contributed by atoms with van der Waals surface area (Å²) >= 11 is 3.10. The number of carbonyl (C=O) groups excluding carboxylic acids is 7. The molecule has 0 bridgehead atoms. The molecule has 0 rings (SSSR count). The number of amides is 1. The Balaban J connectivity index is -0.0000000424. The van der Waals surface area contributed by atoms with Gasteiger partial charge in [0.05, 0.1) is 6.61 Å². The monoisotopic (exact) mass is 919 g/mol. The summed E-state index contributed by atoms with van der Waals surface area (Å²) in [4.78, 5) is 69.4. The van der Waals surface area contributed by atoms with Crippen LogP contribution in [-0.2, 0) is 71.5 Å². The fourth-order valence-corrected chi connectivity index (χ4v) is 1.58. The van der Waals surface area contributed by atoms with Crippen molar-refractivity contribution in [2.75, 3.05) is 115 Å². The molecule has 1 amide bonds. The van der Waals surface area contributed by atoms with Gasteiger partial charge in [-0.1, -0.05) is 52.8 Å². The zero-order valence-electron chi connectivity index (χ0n) is 42.5. The minimum atomic E-state index is -0.416. The van der Waals surface area contributed by atoms with Crippen molar-refractivity contribution >= 4 is 63.8 Å². The van der Waals surface area contributed by atoms with E-state index < -0.39 is 5.97 Å². The van der Waals surface area contributed by atoms with Gasteiger partial charge in [0.2, 0.25) is 5.91 Å². The maximum absolute atomic E-state index is 10.1. The molecule has 0 aliphatic carbocycles. The Kier molecular flexibility index (Phi) is 157. The van der Waals surface area contributed by atoms with E-state index in [1.54, 1.807) is 82.1 Å². The molecule has 370 valence electrons. The van der Waals surface area contributed by atoms with Crippen molar-refractivity contribution in [1.29, 1.82) is 0 Å². The molecule has 17 nitrogen and oxygen atoms in total. The molecule has 2 N–H and O–H groups in total. The van der Waals surface area contributed by atoms with Gasteiger partial charge in [0.1, 0.15) is 38.6 Å². The molecule has 0 saturated heterocycles. The van der Waals surface area contributed by atoms with Crippen LogP contribution in [0.25, 0.3) is 0 Å². The van der Waals surface area contributed by atoms with Crippen molar-refractivity contribution in [3.63, 3.8) is 0 Å². The summed E-state index contributed by atoms with van der Waals surface area (Å²) in [6.45, 7) is 26.0. The minimum absolute atomic E-state index is 0.0394. The van der Waals surface area contributed by atoms with E-state index in [2.05, 4.69) is 62.4 Å². The second-order valence-corrected chi connectivity index (χ2v) is 12.5. The summed E-state index contributed by atoms with van der Waals surface area (Å²) in [5, 5.41) is 5.53. The Morgan fingerprint density at radius 3 is 0.867 bits per heavy atom. The van der Waals surface area contributed by atoms with Crippen LogP contribution in [0, 0.1) is 0 Å². The number of esters is 2. The zero-order valence-corrected chi connectivity index (χ0v) is 44.1. The molecule has 0 saturated carbocycles. The average molecular weight is 919 g/mol. The highest BCUT2D eigenvalue weighted by atomic mass is 32.2. The Hall–Kier alpha value is -2.49. The van der Waals surface area contributed by atoms with Gasteiger partial charge in [-0.25, -0.2) is 0 Å². The molecule has 0 aliphatic rings. The van der Waals surface area contributed by atoms with Crippen molar-refractivity contribution in [3.05, 3.63) is 0 Å². The van der Waals surface area contributed by atoms with E-state index in [9.17, 15) is 33.6 Å². The Labute approximate surface area is 376 Å². The molecule has 0 spiro atoms. The summed E-state index contributed by atoms with van der Waals surface area (Å²) in [6, 6.07) is 0. The van der Waals surface area contributed by atoms with Crippen LogP contribution < -0.4 is 10.6 Å². The predicted molar refractivity (Wildman–Crippen MR) is 252 cm³/mol. The first-order chi connectivity index (χ1) is 28.0. The van der Waals surface area contributed by atoms with Gasteiger partial charge in [0.25, 0.3) is 0 Å². The summed E-state index contributed by atoms with van der Waals surface area (Å²) in [7, 11) is 13.3. The van der Waals surface area contributed by atoms with Crippen LogP contribution in [0.2, 0.25) is 0 Å². The fourth-order valence-electron chi connectivity index (χ4n) is 1.18. The molecule has 0 aromatic carbocycles. The second kappa shape index (κ2) is 106. The molecular weight excluding hydrogens is 825 g/mol. The Morgan fingerprint density at radius 1 is 0.533 bits per heavy atom. The zero-order chi connectivity index (χ0) is 50.6. The number of thioether (sulfide) groups is 2. The highest BCUT2D eigenvalue weighted by Gasteiger charge is 1.94. The fraction of sp³-hybridized carbons (Fsp3) is 0.829. The summed E-state index contributed by atoms with van der Waals surface area (Å²) in [5.74, 6) is 0.681. The van der Waals surface area contributed by atoms with Gasteiger partial charge in [0.15, 0.2) is 10.9 Å². The van der Waals surface area contributed by atoms with Crippen molar-refractivity contribution < 1.29 is 71.5 Å². The van der Waals surface area contributed by atoms with Gasteiger partial charge < -0.3 is 58.1 Å². The number of hydrogen-bond acceptors (Lipinski definition) is 18. The quantitative estimate of drug-likeness (QED) is 0.107. The maximum Gasteiger partial charge on any atom is 0.303 e. The van der Waals surface area contributed by atoms with E-state index in [1.807, 2.05) is 54.3 Å². The number of hydrogen-bond donors (Lipinski definition) is 2. The third-order valence-electron chi connectivity index (χ3n) is 3.23. The Morgan fingerprint density at radius 2 is 0.817 bits per heavy atom. The SMILES string of the molecule is CC(=O)COC(C)=O.CCC.CCC(C)=O.CCC(C)=O.CCNC(C)=O.CCOC(C)=O.CCSC(C)=O.CNC.COC.COCOC.COCOCOC.CSC. The molecule has 60 heavy (non-hydrogen) atoms. The molecular formula is C41H94N2O15S2. The lowest BCUT2D eigenvalue weighted by molar-refractivity contribution is -0.145. The third kappa shape index (κ3) is 356. The van der Waals surface area contributed by atoms with Crippen LogP contribution in [0.3, 0.4) is 0 Å². The van der Waals surface area contributed by atoms with Gasteiger partial charge in [-0.15, -0.1) is 0 Å². The van der Waals surface area contributed by atoms with Gasteiger partial charge >= 0.3 is 11.9 Å². The van der Waals surface area contributed by atoms with Gasteiger partial charge in [-0.05, 0) is 67.0 Å². The predicted octanol–water partition coefficient (Wildman–Crippen LogP) is 7.05. The summed E-state index contributed by atoms with van der Waals surface area (Å²) in [5.41, 5.74) is 0. The lowest BCUT2D eigenvalue weighted by Crippen LogP contribution is -2.18. The highest BCUT2D eigenvalue weighted by Crippen LogP contribution is 1.96. The number of nitrogens with one attached hydrogen (secondary N) is 2.